The third-order valence-electron chi connectivity index (χ3n) is 2.80. The Morgan fingerprint density at radius 3 is 2.57 bits per heavy atom. The predicted molar refractivity (Wildman–Crippen MR) is 80.7 cm³/mol. The molecule has 0 spiro atoms. The molecule has 0 bridgehead atoms. The number of aromatic nitrogens is 2. The molecule has 6 heteroatoms. The number of rotatable bonds is 6. The van der Waals surface area contributed by atoms with Crippen molar-refractivity contribution in [3.05, 3.63) is 47.9 Å². The van der Waals surface area contributed by atoms with E-state index in [1.165, 1.54) is 18.0 Å². The van der Waals surface area contributed by atoms with E-state index in [0.717, 1.165) is 5.69 Å². The van der Waals surface area contributed by atoms with Gasteiger partial charge in [-0.15, -0.1) is 0 Å². The minimum atomic E-state index is -0.263. The van der Waals surface area contributed by atoms with Gasteiger partial charge in [-0.25, -0.2) is 9.97 Å². The number of benzene rings is 1. The summed E-state index contributed by atoms with van der Waals surface area (Å²) in [6.45, 7) is 2.94. The van der Waals surface area contributed by atoms with Crippen molar-refractivity contribution < 1.29 is 9.53 Å². The molecule has 0 radical (unpaired) electrons. The van der Waals surface area contributed by atoms with Crippen LogP contribution >= 0.6 is 0 Å². The Kier molecular flexibility index (Phi) is 5.22. The third kappa shape index (κ3) is 4.54. The lowest BCUT2D eigenvalue weighted by Crippen LogP contribution is -2.27. The maximum Gasteiger partial charge on any atom is 0.271 e. The lowest BCUT2D eigenvalue weighted by Gasteiger charge is -2.07. The van der Waals surface area contributed by atoms with Gasteiger partial charge in [-0.05, 0) is 19.1 Å². The van der Waals surface area contributed by atoms with Crippen LogP contribution in [0.15, 0.2) is 36.7 Å². The summed E-state index contributed by atoms with van der Waals surface area (Å²) in [6, 6.07) is 7.94. The summed E-state index contributed by atoms with van der Waals surface area (Å²) in [5.41, 5.74) is 2.39. The van der Waals surface area contributed by atoms with Crippen molar-refractivity contribution in [3.8, 4) is 0 Å². The number of nitrogens with one attached hydrogen (secondary N) is 2. The van der Waals surface area contributed by atoms with E-state index in [2.05, 4.69) is 20.6 Å². The summed E-state index contributed by atoms with van der Waals surface area (Å²) in [5.74, 6) is 0.328. The second-order valence-corrected chi connectivity index (χ2v) is 4.53. The van der Waals surface area contributed by atoms with E-state index in [1.807, 2.05) is 31.2 Å². The quantitative estimate of drug-likeness (QED) is 0.793. The zero-order valence-corrected chi connectivity index (χ0v) is 12.1. The highest BCUT2D eigenvalue weighted by atomic mass is 16.5. The molecule has 0 fully saturated rings. The number of methoxy groups -OCH3 is 1. The zero-order valence-electron chi connectivity index (χ0n) is 12.1. The number of amides is 1. The lowest BCUT2D eigenvalue weighted by atomic mass is 10.2. The summed E-state index contributed by atoms with van der Waals surface area (Å²) < 4.78 is 4.86. The van der Waals surface area contributed by atoms with Gasteiger partial charge in [0.25, 0.3) is 5.91 Å². The van der Waals surface area contributed by atoms with Gasteiger partial charge < -0.3 is 15.4 Å². The number of carbonyl (C=O) groups excluding carboxylic acids is 1. The molecule has 1 aromatic heterocycles. The average Bonchev–Trinajstić information content (AvgIpc) is 2.50. The van der Waals surface area contributed by atoms with Gasteiger partial charge in [0.05, 0.1) is 19.0 Å². The molecule has 0 aliphatic heterocycles. The molecule has 0 saturated carbocycles. The number of anilines is 2. The largest absolute Gasteiger partial charge is 0.383 e. The summed E-state index contributed by atoms with van der Waals surface area (Å²) >= 11 is 0. The van der Waals surface area contributed by atoms with Crippen LogP contribution in [0.3, 0.4) is 0 Å². The van der Waals surface area contributed by atoms with Gasteiger partial charge in [0, 0.05) is 19.3 Å². The van der Waals surface area contributed by atoms with E-state index in [1.54, 1.807) is 7.11 Å². The number of ether oxygens (including phenoxy) is 1. The Morgan fingerprint density at radius 2 is 1.95 bits per heavy atom. The van der Waals surface area contributed by atoms with Crippen LogP contribution in [0.4, 0.5) is 11.5 Å². The molecule has 0 aliphatic carbocycles. The van der Waals surface area contributed by atoms with Crippen LogP contribution in [0, 0.1) is 6.92 Å². The van der Waals surface area contributed by atoms with E-state index in [4.69, 9.17) is 4.74 Å². The summed E-state index contributed by atoms with van der Waals surface area (Å²) in [6.07, 6.45) is 2.98. The zero-order chi connectivity index (χ0) is 15.1. The van der Waals surface area contributed by atoms with Crippen molar-refractivity contribution in [1.29, 1.82) is 0 Å². The van der Waals surface area contributed by atoms with E-state index in [9.17, 15) is 4.79 Å². The molecule has 110 valence electrons. The highest BCUT2D eigenvalue weighted by Crippen LogP contribution is 2.14. The van der Waals surface area contributed by atoms with Crippen LogP contribution in [0.1, 0.15) is 16.1 Å². The van der Waals surface area contributed by atoms with Gasteiger partial charge in [-0.2, -0.15) is 0 Å². The van der Waals surface area contributed by atoms with Crippen LogP contribution in [0.25, 0.3) is 0 Å². The highest BCUT2D eigenvalue weighted by molar-refractivity contribution is 5.92. The maximum absolute atomic E-state index is 11.7. The van der Waals surface area contributed by atoms with E-state index < -0.39 is 0 Å². The Morgan fingerprint density at radius 1 is 1.19 bits per heavy atom. The van der Waals surface area contributed by atoms with Crippen molar-refractivity contribution in [1.82, 2.24) is 15.3 Å². The van der Waals surface area contributed by atoms with Gasteiger partial charge in [0.1, 0.15) is 11.5 Å². The average molecular weight is 286 g/mol. The molecule has 2 N–H and O–H groups in total. The molecule has 2 aromatic rings. The molecular weight excluding hydrogens is 268 g/mol. The topological polar surface area (TPSA) is 76.1 Å². The molecule has 21 heavy (non-hydrogen) atoms. The maximum atomic E-state index is 11.7. The Bertz CT molecular complexity index is 582. The molecule has 0 atom stereocenters. The molecule has 0 unspecified atom stereocenters. The van der Waals surface area contributed by atoms with Gasteiger partial charge in [0.2, 0.25) is 0 Å². The van der Waals surface area contributed by atoms with Crippen LogP contribution in [-0.4, -0.2) is 36.1 Å². The molecule has 1 amide bonds. The second kappa shape index (κ2) is 7.35. The number of nitrogens with zero attached hydrogens (tertiary/aromatic N) is 2. The molecular formula is C15H18N4O2. The van der Waals surface area contributed by atoms with Crippen molar-refractivity contribution in [3.63, 3.8) is 0 Å². The summed E-state index contributed by atoms with van der Waals surface area (Å²) in [4.78, 5) is 20.0. The Hall–Kier alpha value is -2.47. The van der Waals surface area contributed by atoms with Crippen LogP contribution in [0.2, 0.25) is 0 Å². The molecule has 0 aliphatic rings. The number of aryl methyl sites for hydroxylation is 1. The number of hydrogen-bond donors (Lipinski definition) is 2. The van der Waals surface area contributed by atoms with E-state index in [0.29, 0.717) is 19.0 Å². The van der Waals surface area contributed by atoms with Crippen LogP contribution in [-0.2, 0) is 4.74 Å². The van der Waals surface area contributed by atoms with Gasteiger partial charge in [-0.3, -0.25) is 4.79 Å². The van der Waals surface area contributed by atoms with Gasteiger partial charge >= 0.3 is 0 Å². The highest BCUT2D eigenvalue weighted by Gasteiger charge is 2.07. The molecule has 1 aromatic carbocycles. The fourth-order valence-electron chi connectivity index (χ4n) is 1.65. The minimum absolute atomic E-state index is 0.263. The number of hydrogen-bond acceptors (Lipinski definition) is 5. The monoisotopic (exact) mass is 286 g/mol. The first kappa shape index (κ1) is 14.9. The SMILES string of the molecule is COCCNC(=O)c1cnc(Nc2ccc(C)cc2)cn1. The van der Waals surface area contributed by atoms with Crippen LogP contribution in [0.5, 0.6) is 0 Å². The van der Waals surface area contributed by atoms with Crippen LogP contribution < -0.4 is 10.6 Å². The first-order valence-corrected chi connectivity index (χ1v) is 6.62. The van der Waals surface area contributed by atoms with E-state index >= 15 is 0 Å². The van der Waals surface area contributed by atoms with Crippen molar-refractivity contribution in [2.24, 2.45) is 0 Å². The van der Waals surface area contributed by atoms with Crippen molar-refractivity contribution >= 4 is 17.4 Å². The normalized spacial score (nSPS) is 10.2. The van der Waals surface area contributed by atoms with Crippen molar-refractivity contribution in [2.75, 3.05) is 25.6 Å². The standard InChI is InChI=1S/C15H18N4O2/c1-11-3-5-12(6-4-11)19-14-10-17-13(9-18-14)15(20)16-7-8-21-2/h3-6,9-10H,7-8H2,1-2H3,(H,16,20)(H,18,19). The Balaban J connectivity index is 1.95. The first-order chi connectivity index (χ1) is 10.2. The third-order valence-corrected chi connectivity index (χ3v) is 2.80. The second-order valence-electron chi connectivity index (χ2n) is 4.53. The molecule has 1 heterocycles. The summed E-state index contributed by atoms with van der Waals surface area (Å²) in [7, 11) is 1.58. The predicted octanol–water partition coefficient (Wildman–Crippen LogP) is 1.90. The molecule has 2 rings (SSSR count). The fraction of sp³-hybridized carbons (Fsp3) is 0.267. The molecule has 6 nitrogen and oxygen atoms in total. The van der Waals surface area contributed by atoms with E-state index in [-0.39, 0.29) is 11.6 Å². The van der Waals surface area contributed by atoms with Gasteiger partial charge in [0.15, 0.2) is 0 Å². The fourth-order valence-corrected chi connectivity index (χ4v) is 1.65. The number of carbonyl (C=O) groups is 1. The Labute approximate surface area is 123 Å². The first-order valence-electron chi connectivity index (χ1n) is 6.62. The smallest absolute Gasteiger partial charge is 0.271 e. The van der Waals surface area contributed by atoms with Gasteiger partial charge in [-0.1, -0.05) is 17.7 Å². The lowest BCUT2D eigenvalue weighted by molar-refractivity contribution is 0.0932. The minimum Gasteiger partial charge on any atom is -0.383 e. The summed E-state index contributed by atoms with van der Waals surface area (Å²) in [5, 5.41) is 5.81. The van der Waals surface area contributed by atoms with Crippen molar-refractivity contribution in [2.45, 2.75) is 6.92 Å². The molecule has 0 saturated heterocycles.